The summed E-state index contributed by atoms with van der Waals surface area (Å²) >= 11 is 0. The minimum absolute atomic E-state index is 0.125. The van der Waals surface area contributed by atoms with Crippen molar-refractivity contribution in [2.75, 3.05) is 13.2 Å². The molecule has 6 nitrogen and oxygen atoms in total. The Morgan fingerprint density at radius 3 is 2.70 bits per heavy atom. The molecule has 6 heteroatoms. The zero-order valence-corrected chi connectivity index (χ0v) is 11.9. The van der Waals surface area contributed by atoms with Gasteiger partial charge in [-0.2, -0.15) is 0 Å². The quantitative estimate of drug-likeness (QED) is 0.451. The number of carboxylic acids is 1. The molecule has 2 unspecified atom stereocenters. The maximum atomic E-state index is 10.9. The van der Waals surface area contributed by atoms with Crippen LogP contribution >= 0.6 is 0 Å². The molecular weight excluding hydrogens is 264 g/mol. The second kappa shape index (κ2) is 8.36. The lowest BCUT2D eigenvalue weighted by Gasteiger charge is -2.26. The molecule has 1 aliphatic rings. The molecular formula is C14H24O6. The average Bonchev–Trinajstić information content (AvgIpc) is 2.78. The number of carbonyl (C=O) groups is 1. The van der Waals surface area contributed by atoms with Crippen LogP contribution in [0.3, 0.4) is 0 Å². The monoisotopic (exact) mass is 288 g/mol. The van der Waals surface area contributed by atoms with Gasteiger partial charge in [0.05, 0.1) is 12.7 Å². The summed E-state index contributed by atoms with van der Waals surface area (Å²) in [6.07, 6.45) is 2.50. The maximum Gasteiger partial charge on any atom is 0.332 e. The lowest BCUT2D eigenvalue weighted by atomic mass is 9.89. The fourth-order valence-corrected chi connectivity index (χ4v) is 2.73. The SMILES string of the molecule is CCOC(C)O[C@H]1CC[C@@H](C(O)C(=O)O)[C@@H]1C=CCO. The standard InChI is InChI=1S/C14H24O6/c1-3-19-9(2)20-12-7-6-11(13(16)14(17)18)10(12)5-4-8-15/h4-5,9-13,15-16H,3,6-8H2,1-2H3,(H,17,18)/t9?,10-,11+,12-,13?/m0/s1. The van der Waals surface area contributed by atoms with Crippen molar-refractivity contribution < 1.29 is 29.6 Å². The van der Waals surface area contributed by atoms with Crippen LogP contribution in [-0.2, 0) is 14.3 Å². The van der Waals surface area contributed by atoms with Crippen LogP contribution in [0.1, 0.15) is 26.7 Å². The smallest absolute Gasteiger partial charge is 0.332 e. The predicted octanol–water partition coefficient (Wildman–Crippen LogP) is 0.774. The van der Waals surface area contributed by atoms with Crippen LogP contribution in [0.15, 0.2) is 12.2 Å². The van der Waals surface area contributed by atoms with Crippen molar-refractivity contribution in [1.29, 1.82) is 0 Å². The summed E-state index contributed by atoms with van der Waals surface area (Å²) in [5.74, 6) is -1.87. The topological polar surface area (TPSA) is 96.2 Å². The van der Waals surface area contributed by atoms with E-state index in [1.165, 1.54) is 0 Å². The van der Waals surface area contributed by atoms with Gasteiger partial charge in [-0.3, -0.25) is 0 Å². The van der Waals surface area contributed by atoms with Gasteiger partial charge in [0, 0.05) is 18.4 Å². The Morgan fingerprint density at radius 1 is 1.45 bits per heavy atom. The number of rotatable bonds is 8. The van der Waals surface area contributed by atoms with E-state index in [0.29, 0.717) is 19.4 Å². The summed E-state index contributed by atoms with van der Waals surface area (Å²) in [7, 11) is 0. The molecule has 116 valence electrons. The minimum atomic E-state index is -1.42. The van der Waals surface area contributed by atoms with Gasteiger partial charge < -0.3 is 24.8 Å². The fourth-order valence-electron chi connectivity index (χ4n) is 2.73. The lowest BCUT2D eigenvalue weighted by molar-refractivity contribution is -0.166. The zero-order chi connectivity index (χ0) is 15.1. The van der Waals surface area contributed by atoms with Gasteiger partial charge in [-0.1, -0.05) is 12.2 Å². The molecule has 0 spiro atoms. The van der Waals surface area contributed by atoms with E-state index >= 15 is 0 Å². The first-order chi connectivity index (χ1) is 9.51. The van der Waals surface area contributed by atoms with Crippen LogP contribution in [0.4, 0.5) is 0 Å². The first-order valence-corrected chi connectivity index (χ1v) is 6.96. The summed E-state index contributed by atoms with van der Waals surface area (Å²) in [4.78, 5) is 10.9. The van der Waals surface area contributed by atoms with Gasteiger partial charge in [-0.25, -0.2) is 4.79 Å². The van der Waals surface area contributed by atoms with Gasteiger partial charge >= 0.3 is 5.97 Å². The van der Waals surface area contributed by atoms with Crippen LogP contribution in [0.25, 0.3) is 0 Å². The number of aliphatic hydroxyl groups is 2. The van der Waals surface area contributed by atoms with Crippen LogP contribution in [0.5, 0.6) is 0 Å². The summed E-state index contributed by atoms with van der Waals surface area (Å²) in [6, 6.07) is 0. The minimum Gasteiger partial charge on any atom is -0.479 e. The van der Waals surface area contributed by atoms with Crippen molar-refractivity contribution in [2.24, 2.45) is 11.8 Å². The number of aliphatic carboxylic acids is 1. The van der Waals surface area contributed by atoms with E-state index in [0.717, 1.165) is 0 Å². The van der Waals surface area contributed by atoms with Gasteiger partial charge in [0.25, 0.3) is 0 Å². The fraction of sp³-hybridized carbons (Fsp3) is 0.786. The Labute approximate surface area is 119 Å². The summed E-state index contributed by atoms with van der Waals surface area (Å²) < 4.78 is 11.1. The third-order valence-corrected chi connectivity index (χ3v) is 3.60. The van der Waals surface area contributed by atoms with Crippen molar-refractivity contribution in [1.82, 2.24) is 0 Å². The molecule has 20 heavy (non-hydrogen) atoms. The van der Waals surface area contributed by atoms with Gasteiger partial charge in [-0.15, -0.1) is 0 Å². The molecule has 5 atom stereocenters. The van der Waals surface area contributed by atoms with Crippen LogP contribution < -0.4 is 0 Å². The molecule has 1 aliphatic carbocycles. The summed E-state index contributed by atoms with van der Waals surface area (Å²) in [5.41, 5.74) is 0. The molecule has 0 saturated heterocycles. The molecule has 0 aromatic rings. The largest absolute Gasteiger partial charge is 0.479 e. The van der Waals surface area contributed by atoms with Crippen LogP contribution in [0.2, 0.25) is 0 Å². The summed E-state index contributed by atoms with van der Waals surface area (Å²) in [6.45, 7) is 4.07. The molecule has 1 rings (SSSR count). The highest BCUT2D eigenvalue weighted by atomic mass is 16.7. The Kier molecular flexibility index (Phi) is 7.15. The highest BCUT2D eigenvalue weighted by Gasteiger charge is 2.42. The van der Waals surface area contributed by atoms with Crippen LogP contribution in [0, 0.1) is 11.8 Å². The normalized spacial score (nSPS) is 29.7. The predicted molar refractivity (Wildman–Crippen MR) is 72.0 cm³/mol. The Morgan fingerprint density at radius 2 is 2.15 bits per heavy atom. The first-order valence-electron chi connectivity index (χ1n) is 6.96. The second-order valence-corrected chi connectivity index (χ2v) is 4.91. The molecule has 1 fully saturated rings. The highest BCUT2D eigenvalue weighted by Crippen LogP contribution is 2.38. The number of carboxylic acid groups (broad SMARTS) is 1. The van der Waals surface area contributed by atoms with E-state index in [-0.39, 0.29) is 24.9 Å². The van der Waals surface area contributed by atoms with E-state index in [4.69, 9.17) is 19.7 Å². The molecule has 0 aromatic heterocycles. The Hall–Kier alpha value is -0.950. The molecule has 1 saturated carbocycles. The lowest BCUT2D eigenvalue weighted by Crippen LogP contribution is -2.35. The Bertz CT molecular complexity index is 330. The number of hydrogen-bond donors (Lipinski definition) is 3. The van der Waals surface area contributed by atoms with Crippen LogP contribution in [-0.4, -0.2) is 53.0 Å². The molecule has 0 heterocycles. The molecule has 0 radical (unpaired) electrons. The van der Waals surface area contributed by atoms with Crippen molar-refractivity contribution >= 4 is 5.97 Å². The number of ether oxygens (including phenoxy) is 2. The van der Waals surface area contributed by atoms with Gasteiger partial charge in [0.2, 0.25) is 0 Å². The van der Waals surface area contributed by atoms with E-state index in [1.54, 1.807) is 19.1 Å². The van der Waals surface area contributed by atoms with Crippen molar-refractivity contribution in [3.63, 3.8) is 0 Å². The third-order valence-electron chi connectivity index (χ3n) is 3.60. The highest BCUT2D eigenvalue weighted by molar-refractivity contribution is 5.72. The van der Waals surface area contributed by atoms with Gasteiger partial charge in [0.1, 0.15) is 0 Å². The number of hydrogen-bond acceptors (Lipinski definition) is 5. The molecule has 0 aliphatic heterocycles. The Balaban J connectivity index is 2.75. The van der Waals surface area contributed by atoms with Crippen molar-refractivity contribution in [2.45, 2.75) is 45.2 Å². The van der Waals surface area contributed by atoms with E-state index < -0.39 is 18.0 Å². The van der Waals surface area contributed by atoms with E-state index in [1.807, 2.05) is 6.92 Å². The first kappa shape index (κ1) is 17.1. The van der Waals surface area contributed by atoms with Crippen molar-refractivity contribution in [3.05, 3.63) is 12.2 Å². The second-order valence-electron chi connectivity index (χ2n) is 4.91. The molecule has 0 aromatic carbocycles. The maximum absolute atomic E-state index is 10.9. The average molecular weight is 288 g/mol. The van der Waals surface area contributed by atoms with E-state index in [9.17, 15) is 9.90 Å². The zero-order valence-electron chi connectivity index (χ0n) is 11.9. The van der Waals surface area contributed by atoms with E-state index in [2.05, 4.69) is 0 Å². The number of aliphatic hydroxyl groups excluding tert-OH is 2. The molecule has 3 N–H and O–H groups in total. The summed E-state index contributed by atoms with van der Waals surface area (Å²) in [5, 5.41) is 27.6. The van der Waals surface area contributed by atoms with Gasteiger partial charge in [0.15, 0.2) is 12.4 Å². The van der Waals surface area contributed by atoms with Crippen molar-refractivity contribution in [3.8, 4) is 0 Å². The molecule has 0 bridgehead atoms. The third kappa shape index (κ3) is 4.56. The molecule has 0 amide bonds. The van der Waals surface area contributed by atoms with Gasteiger partial charge in [-0.05, 0) is 26.7 Å².